The summed E-state index contributed by atoms with van der Waals surface area (Å²) in [6.45, 7) is 1.50. The number of nitrogens with zero attached hydrogens (tertiary/aromatic N) is 2. The van der Waals surface area contributed by atoms with E-state index < -0.39 is 5.97 Å². The van der Waals surface area contributed by atoms with E-state index in [1.165, 1.54) is 0 Å². The molecule has 0 aliphatic heterocycles. The Kier molecular flexibility index (Phi) is 8.92. The van der Waals surface area contributed by atoms with Crippen LogP contribution in [0.3, 0.4) is 0 Å². The van der Waals surface area contributed by atoms with Gasteiger partial charge in [0.15, 0.2) is 0 Å². The second kappa shape index (κ2) is 10.4. The van der Waals surface area contributed by atoms with E-state index >= 15 is 0 Å². The summed E-state index contributed by atoms with van der Waals surface area (Å²) in [4.78, 5) is 17.4. The number of rotatable bonds is 9. The van der Waals surface area contributed by atoms with Crippen molar-refractivity contribution in [2.75, 3.05) is 27.2 Å². The van der Waals surface area contributed by atoms with Crippen molar-refractivity contribution in [1.29, 1.82) is 0 Å². The van der Waals surface area contributed by atoms with Gasteiger partial charge in [0.2, 0.25) is 0 Å². The van der Waals surface area contributed by atoms with E-state index in [1.54, 1.807) is 12.1 Å². The minimum Gasteiger partial charge on any atom is -0.481 e. The van der Waals surface area contributed by atoms with Crippen molar-refractivity contribution in [1.82, 2.24) is 4.90 Å². The van der Waals surface area contributed by atoms with Crippen molar-refractivity contribution < 1.29 is 9.90 Å². The maximum absolute atomic E-state index is 10.8. The summed E-state index contributed by atoms with van der Waals surface area (Å²) in [7, 11) is 4.06. The topological polar surface area (TPSA) is 52.9 Å². The van der Waals surface area contributed by atoms with Crippen molar-refractivity contribution in [3.05, 3.63) is 46.0 Å². The number of halogens is 2. The summed E-state index contributed by atoms with van der Waals surface area (Å²) in [5, 5.41) is 9.79. The second-order valence-electron chi connectivity index (χ2n) is 5.37. The first-order chi connectivity index (χ1) is 10.9. The van der Waals surface area contributed by atoms with Crippen LogP contribution < -0.4 is 0 Å². The third-order valence-corrected chi connectivity index (χ3v) is 3.86. The lowest BCUT2D eigenvalue weighted by molar-refractivity contribution is -0.136. The molecule has 0 spiro atoms. The Morgan fingerprint density at radius 1 is 1.22 bits per heavy atom. The van der Waals surface area contributed by atoms with E-state index in [2.05, 4.69) is 16.0 Å². The van der Waals surface area contributed by atoms with Crippen LogP contribution in [0, 0.1) is 0 Å². The highest BCUT2D eigenvalue weighted by Gasteiger charge is 2.08. The Balaban J connectivity index is 2.76. The molecule has 0 aromatic heterocycles. The van der Waals surface area contributed by atoms with Gasteiger partial charge in [0.05, 0.1) is 23.0 Å². The second-order valence-corrected chi connectivity index (χ2v) is 6.19. The van der Waals surface area contributed by atoms with E-state index in [-0.39, 0.29) is 6.42 Å². The molecule has 0 fully saturated rings. The number of carboxylic acids is 1. The summed E-state index contributed by atoms with van der Waals surface area (Å²) in [6.07, 6.45) is 5.41. The van der Waals surface area contributed by atoms with Gasteiger partial charge in [-0.1, -0.05) is 41.4 Å². The van der Waals surface area contributed by atoms with Gasteiger partial charge in [-0.05, 0) is 38.2 Å². The zero-order valence-corrected chi connectivity index (χ0v) is 14.9. The lowest BCUT2D eigenvalue weighted by atomic mass is 10.1. The SMILES string of the molecule is CN(C)CC/C=C/C/N=C(\CCC(=O)O)c1ccc(Cl)c(Cl)c1. The number of aliphatic carboxylic acids is 1. The van der Waals surface area contributed by atoms with Crippen LogP contribution in [0.2, 0.25) is 10.0 Å². The van der Waals surface area contributed by atoms with Crippen LogP contribution in [0.4, 0.5) is 0 Å². The molecular weight excluding hydrogens is 335 g/mol. The molecule has 0 saturated heterocycles. The highest BCUT2D eigenvalue weighted by molar-refractivity contribution is 6.42. The minimum atomic E-state index is -0.848. The molecule has 1 aromatic carbocycles. The number of carbonyl (C=O) groups is 1. The van der Waals surface area contributed by atoms with E-state index in [1.807, 2.05) is 26.2 Å². The fourth-order valence-corrected chi connectivity index (χ4v) is 2.20. The molecule has 1 rings (SSSR count). The third kappa shape index (κ3) is 8.16. The van der Waals surface area contributed by atoms with Gasteiger partial charge >= 0.3 is 5.97 Å². The zero-order valence-electron chi connectivity index (χ0n) is 13.4. The highest BCUT2D eigenvalue weighted by atomic mass is 35.5. The summed E-state index contributed by atoms with van der Waals surface area (Å²) < 4.78 is 0. The quantitative estimate of drug-likeness (QED) is 0.533. The van der Waals surface area contributed by atoms with Crippen LogP contribution in [0.25, 0.3) is 0 Å². The molecule has 0 radical (unpaired) electrons. The number of hydrogen-bond donors (Lipinski definition) is 1. The molecule has 1 N–H and O–H groups in total. The van der Waals surface area contributed by atoms with Gasteiger partial charge in [0, 0.05) is 18.7 Å². The number of carboxylic acid groups (broad SMARTS) is 1. The van der Waals surface area contributed by atoms with Crippen LogP contribution in [-0.2, 0) is 4.79 Å². The molecule has 4 nitrogen and oxygen atoms in total. The van der Waals surface area contributed by atoms with Crippen molar-refractivity contribution in [3.8, 4) is 0 Å². The van der Waals surface area contributed by atoms with Crippen molar-refractivity contribution in [2.24, 2.45) is 4.99 Å². The predicted molar refractivity (Wildman–Crippen MR) is 97.0 cm³/mol. The van der Waals surface area contributed by atoms with Gasteiger partial charge in [0.1, 0.15) is 0 Å². The van der Waals surface area contributed by atoms with Crippen molar-refractivity contribution in [3.63, 3.8) is 0 Å². The zero-order chi connectivity index (χ0) is 17.2. The third-order valence-electron chi connectivity index (χ3n) is 3.13. The van der Waals surface area contributed by atoms with Crippen LogP contribution in [0.15, 0.2) is 35.3 Å². The Morgan fingerprint density at radius 3 is 2.57 bits per heavy atom. The first-order valence-corrected chi connectivity index (χ1v) is 8.16. The van der Waals surface area contributed by atoms with E-state index in [0.717, 1.165) is 24.2 Å². The maximum Gasteiger partial charge on any atom is 0.303 e. The van der Waals surface area contributed by atoms with Gasteiger partial charge in [0.25, 0.3) is 0 Å². The molecule has 0 amide bonds. The van der Waals surface area contributed by atoms with Gasteiger partial charge in [-0.2, -0.15) is 0 Å². The molecule has 126 valence electrons. The molecule has 0 saturated carbocycles. The largest absolute Gasteiger partial charge is 0.481 e. The predicted octanol–water partition coefficient (Wildman–Crippen LogP) is 4.16. The first kappa shape index (κ1) is 19.7. The van der Waals surface area contributed by atoms with Crippen LogP contribution in [0.1, 0.15) is 24.8 Å². The minimum absolute atomic E-state index is 0.0312. The maximum atomic E-state index is 10.8. The normalized spacial score (nSPS) is 12.3. The van der Waals surface area contributed by atoms with Crippen LogP contribution in [-0.4, -0.2) is 48.9 Å². The van der Waals surface area contributed by atoms with Gasteiger partial charge in [-0.3, -0.25) is 9.79 Å². The molecule has 1 aromatic rings. The Bertz CT molecular complexity index is 584. The standard InChI is InChI=1S/C17H22Cl2N2O2/c1-21(2)11-5-3-4-10-20-16(8-9-17(22)23)13-6-7-14(18)15(19)12-13/h3-4,6-7,12H,5,8-11H2,1-2H3,(H,22,23)/b4-3+,20-16+. The Labute approximate surface area is 147 Å². The highest BCUT2D eigenvalue weighted by Crippen LogP contribution is 2.23. The van der Waals surface area contributed by atoms with Gasteiger partial charge in [-0.25, -0.2) is 0 Å². The number of aliphatic imine (C=N–C) groups is 1. The average Bonchev–Trinajstić information content (AvgIpc) is 2.48. The Morgan fingerprint density at radius 2 is 1.96 bits per heavy atom. The van der Waals surface area contributed by atoms with Crippen molar-refractivity contribution >= 4 is 34.9 Å². The molecular formula is C17H22Cl2N2O2. The molecule has 0 aliphatic carbocycles. The monoisotopic (exact) mass is 356 g/mol. The summed E-state index contributed by atoms with van der Waals surface area (Å²) in [6, 6.07) is 5.23. The molecule has 0 bridgehead atoms. The lowest BCUT2D eigenvalue weighted by Crippen LogP contribution is -2.11. The molecule has 23 heavy (non-hydrogen) atoms. The van der Waals surface area contributed by atoms with E-state index in [0.29, 0.717) is 23.0 Å². The van der Waals surface area contributed by atoms with Gasteiger partial charge < -0.3 is 10.0 Å². The van der Waals surface area contributed by atoms with E-state index in [9.17, 15) is 4.79 Å². The molecule has 0 heterocycles. The molecule has 0 unspecified atom stereocenters. The first-order valence-electron chi connectivity index (χ1n) is 7.40. The number of benzene rings is 1. The molecule has 0 atom stereocenters. The molecule has 6 heteroatoms. The summed E-state index contributed by atoms with van der Waals surface area (Å²) in [5.74, 6) is -0.848. The summed E-state index contributed by atoms with van der Waals surface area (Å²) in [5.41, 5.74) is 1.53. The average molecular weight is 357 g/mol. The molecule has 0 aliphatic rings. The fraction of sp³-hybridized carbons (Fsp3) is 0.412. The Hall–Kier alpha value is -1.36. The number of hydrogen-bond acceptors (Lipinski definition) is 3. The van der Waals surface area contributed by atoms with Gasteiger partial charge in [-0.15, -0.1) is 0 Å². The van der Waals surface area contributed by atoms with Crippen molar-refractivity contribution in [2.45, 2.75) is 19.3 Å². The smallest absolute Gasteiger partial charge is 0.303 e. The van der Waals surface area contributed by atoms with Crippen LogP contribution >= 0.6 is 23.2 Å². The van der Waals surface area contributed by atoms with Crippen LogP contribution in [0.5, 0.6) is 0 Å². The fourth-order valence-electron chi connectivity index (χ4n) is 1.90. The lowest BCUT2D eigenvalue weighted by Gasteiger charge is -2.07. The summed E-state index contributed by atoms with van der Waals surface area (Å²) >= 11 is 11.9. The van der Waals surface area contributed by atoms with E-state index in [4.69, 9.17) is 28.3 Å².